The minimum absolute atomic E-state index is 0.0450. The van der Waals surface area contributed by atoms with E-state index in [9.17, 15) is 18.0 Å². The van der Waals surface area contributed by atoms with Gasteiger partial charge < -0.3 is 20.3 Å². The molecule has 32 heavy (non-hydrogen) atoms. The molecule has 166 valence electrons. The molecule has 0 radical (unpaired) electrons. The summed E-state index contributed by atoms with van der Waals surface area (Å²) in [4.78, 5) is 24.4. The summed E-state index contributed by atoms with van der Waals surface area (Å²) >= 11 is 0. The maximum absolute atomic E-state index is 13.3. The van der Waals surface area contributed by atoms with E-state index in [4.69, 9.17) is 10.5 Å². The zero-order valence-corrected chi connectivity index (χ0v) is 16.9. The number of nitrogens with zero attached hydrogens (tertiary/aromatic N) is 4. The van der Waals surface area contributed by atoms with Crippen LogP contribution in [0.1, 0.15) is 11.1 Å². The van der Waals surface area contributed by atoms with Gasteiger partial charge in [0.1, 0.15) is 0 Å². The summed E-state index contributed by atoms with van der Waals surface area (Å²) in [5.41, 5.74) is 5.63. The van der Waals surface area contributed by atoms with E-state index in [0.29, 0.717) is 32.1 Å². The minimum Gasteiger partial charge on any atom is -0.402 e. The highest BCUT2D eigenvalue weighted by Gasteiger charge is 2.37. The second kappa shape index (κ2) is 8.74. The van der Waals surface area contributed by atoms with Gasteiger partial charge in [-0.2, -0.15) is 13.2 Å². The van der Waals surface area contributed by atoms with E-state index < -0.39 is 17.7 Å². The number of piperazine rings is 1. The molecule has 4 rings (SSSR count). The molecule has 2 heterocycles. The van der Waals surface area contributed by atoms with Gasteiger partial charge in [0.05, 0.1) is 11.3 Å². The third-order valence-corrected chi connectivity index (χ3v) is 5.03. The van der Waals surface area contributed by atoms with Gasteiger partial charge in [0.15, 0.2) is 11.7 Å². The zero-order valence-electron chi connectivity index (χ0n) is 16.9. The van der Waals surface area contributed by atoms with Crippen molar-refractivity contribution in [3.63, 3.8) is 0 Å². The van der Waals surface area contributed by atoms with Gasteiger partial charge in [-0.15, -0.1) is 0 Å². The van der Waals surface area contributed by atoms with Crippen LogP contribution in [0.2, 0.25) is 0 Å². The van der Waals surface area contributed by atoms with Crippen molar-refractivity contribution in [2.75, 3.05) is 26.2 Å². The van der Waals surface area contributed by atoms with E-state index in [1.54, 1.807) is 0 Å². The third kappa shape index (κ3) is 4.74. The number of ether oxygens (including phenoxy) is 1. The quantitative estimate of drug-likeness (QED) is 0.341. The fraction of sp³-hybridized carbons (Fsp3) is 0.227. The van der Waals surface area contributed by atoms with Crippen molar-refractivity contribution in [2.45, 2.75) is 6.18 Å². The molecule has 0 spiro atoms. The molecule has 0 saturated carbocycles. The fourth-order valence-electron chi connectivity index (χ4n) is 3.39. The molecule has 2 aliphatic heterocycles. The number of hydrogen-bond donors (Lipinski definition) is 1. The Balaban J connectivity index is 1.45. The second-order valence-electron chi connectivity index (χ2n) is 7.19. The highest BCUT2D eigenvalue weighted by Crippen LogP contribution is 2.33. The van der Waals surface area contributed by atoms with Gasteiger partial charge in [-0.25, -0.2) is 14.8 Å². The SMILES string of the molecule is NC(=Nc1ccccc1)N1CCN(C=C2N=C(c3ccccc3C(F)(F)F)OC2=O)CC1. The number of rotatable bonds is 3. The molecule has 2 aliphatic rings. The van der Waals surface area contributed by atoms with E-state index in [1.807, 2.05) is 40.1 Å². The molecule has 2 aromatic rings. The lowest BCUT2D eigenvalue weighted by atomic mass is 10.1. The molecular formula is C22H20F3N5O2. The Morgan fingerprint density at radius 3 is 2.38 bits per heavy atom. The van der Waals surface area contributed by atoms with Crippen LogP contribution in [0.4, 0.5) is 18.9 Å². The molecule has 0 bridgehead atoms. The number of carbonyl (C=O) groups excluding carboxylic acids is 1. The topological polar surface area (TPSA) is 83.5 Å². The first-order valence-corrected chi connectivity index (χ1v) is 9.89. The Labute approximate surface area is 182 Å². The van der Waals surface area contributed by atoms with Crippen LogP contribution >= 0.6 is 0 Å². The first-order valence-electron chi connectivity index (χ1n) is 9.89. The van der Waals surface area contributed by atoms with Crippen molar-refractivity contribution < 1.29 is 22.7 Å². The standard InChI is InChI=1S/C22H20F3N5O2/c23-22(24,25)17-9-5-4-8-16(17)19-28-18(20(31)32-19)14-29-10-12-30(13-11-29)21(26)27-15-6-2-1-3-7-15/h1-9,14H,10-13H2,(H2,26,27). The first-order chi connectivity index (χ1) is 15.3. The monoisotopic (exact) mass is 443 g/mol. The average molecular weight is 443 g/mol. The number of cyclic esters (lactones) is 1. The van der Waals surface area contributed by atoms with Gasteiger partial charge in [-0.1, -0.05) is 30.3 Å². The van der Waals surface area contributed by atoms with E-state index in [2.05, 4.69) is 9.98 Å². The van der Waals surface area contributed by atoms with Crippen LogP contribution in [-0.4, -0.2) is 53.8 Å². The fourth-order valence-corrected chi connectivity index (χ4v) is 3.39. The predicted octanol–water partition coefficient (Wildman–Crippen LogP) is 3.11. The largest absolute Gasteiger partial charge is 0.417 e. The maximum Gasteiger partial charge on any atom is 0.417 e. The number of nitrogens with two attached hydrogens (primary N) is 1. The zero-order chi connectivity index (χ0) is 22.7. The molecule has 10 heteroatoms. The highest BCUT2D eigenvalue weighted by atomic mass is 19.4. The molecule has 0 aliphatic carbocycles. The van der Waals surface area contributed by atoms with Crippen LogP contribution in [-0.2, 0) is 15.7 Å². The molecule has 1 saturated heterocycles. The Bertz CT molecular complexity index is 1090. The second-order valence-corrected chi connectivity index (χ2v) is 7.19. The highest BCUT2D eigenvalue weighted by molar-refractivity contribution is 6.11. The Kier molecular flexibility index (Phi) is 5.85. The van der Waals surface area contributed by atoms with Crippen molar-refractivity contribution in [3.05, 3.63) is 77.6 Å². The van der Waals surface area contributed by atoms with E-state index in [1.165, 1.54) is 24.4 Å². The minimum atomic E-state index is -4.59. The number of halogens is 3. The summed E-state index contributed by atoms with van der Waals surface area (Å²) in [6.45, 7) is 2.19. The number of para-hydroxylation sites is 1. The number of aliphatic imine (C=N–C) groups is 2. The Morgan fingerprint density at radius 1 is 1.03 bits per heavy atom. The molecule has 0 amide bonds. The van der Waals surface area contributed by atoms with Crippen LogP contribution in [0.5, 0.6) is 0 Å². The Morgan fingerprint density at radius 2 is 1.69 bits per heavy atom. The summed E-state index contributed by atoms with van der Waals surface area (Å²) in [6, 6.07) is 14.2. The van der Waals surface area contributed by atoms with Crippen LogP contribution < -0.4 is 5.73 Å². The van der Waals surface area contributed by atoms with Gasteiger partial charge in [0, 0.05) is 37.9 Å². The number of guanidine groups is 1. The van der Waals surface area contributed by atoms with Gasteiger partial charge >= 0.3 is 12.1 Å². The van der Waals surface area contributed by atoms with Crippen LogP contribution in [0.15, 0.2) is 76.5 Å². The molecule has 1 fully saturated rings. The van der Waals surface area contributed by atoms with Crippen molar-refractivity contribution in [3.8, 4) is 0 Å². The molecule has 2 N–H and O–H groups in total. The number of carbonyl (C=O) groups is 1. The number of esters is 1. The summed E-state index contributed by atoms with van der Waals surface area (Å²) in [6.07, 6.45) is -3.08. The number of alkyl halides is 3. The summed E-state index contributed by atoms with van der Waals surface area (Å²) in [5.74, 6) is -0.746. The van der Waals surface area contributed by atoms with Crippen molar-refractivity contribution in [2.24, 2.45) is 15.7 Å². The van der Waals surface area contributed by atoms with Crippen LogP contribution in [0.25, 0.3) is 0 Å². The van der Waals surface area contributed by atoms with E-state index >= 15 is 0 Å². The van der Waals surface area contributed by atoms with E-state index in [0.717, 1.165) is 11.8 Å². The van der Waals surface area contributed by atoms with Crippen molar-refractivity contribution in [1.82, 2.24) is 9.80 Å². The third-order valence-electron chi connectivity index (χ3n) is 5.03. The lowest BCUT2D eigenvalue weighted by Gasteiger charge is -2.34. The average Bonchev–Trinajstić information content (AvgIpc) is 3.14. The summed E-state index contributed by atoms with van der Waals surface area (Å²) in [5, 5.41) is 0. The molecular weight excluding hydrogens is 423 g/mol. The lowest BCUT2D eigenvalue weighted by molar-refractivity contribution is -0.138. The number of hydrogen-bond acceptors (Lipinski definition) is 5. The van der Waals surface area contributed by atoms with Gasteiger partial charge in [0.2, 0.25) is 5.90 Å². The normalized spacial score (nSPS) is 18.7. The first kappa shape index (κ1) is 21.4. The van der Waals surface area contributed by atoms with Gasteiger partial charge in [-0.3, -0.25) is 0 Å². The van der Waals surface area contributed by atoms with E-state index in [-0.39, 0.29) is 17.2 Å². The lowest BCUT2D eigenvalue weighted by Crippen LogP contribution is -2.49. The Hall–Kier alpha value is -3.82. The molecule has 0 atom stereocenters. The summed E-state index contributed by atoms with van der Waals surface area (Å²) in [7, 11) is 0. The van der Waals surface area contributed by atoms with Crippen LogP contribution in [0.3, 0.4) is 0 Å². The summed E-state index contributed by atoms with van der Waals surface area (Å²) < 4.78 is 44.8. The smallest absolute Gasteiger partial charge is 0.402 e. The number of benzene rings is 2. The van der Waals surface area contributed by atoms with Crippen molar-refractivity contribution in [1.29, 1.82) is 0 Å². The maximum atomic E-state index is 13.3. The predicted molar refractivity (Wildman–Crippen MR) is 113 cm³/mol. The molecule has 0 aromatic heterocycles. The van der Waals surface area contributed by atoms with Gasteiger partial charge in [-0.05, 0) is 24.3 Å². The van der Waals surface area contributed by atoms with Crippen LogP contribution in [0, 0.1) is 0 Å². The molecule has 2 aromatic carbocycles. The molecule has 7 nitrogen and oxygen atoms in total. The van der Waals surface area contributed by atoms with Gasteiger partial charge in [0.25, 0.3) is 0 Å². The molecule has 0 unspecified atom stereocenters. The van der Waals surface area contributed by atoms with Crippen molar-refractivity contribution >= 4 is 23.5 Å².